The number of hydrogen-bond donors (Lipinski definition) is 2. The molecule has 2 aromatic rings. The lowest BCUT2D eigenvalue weighted by molar-refractivity contribution is 0.0440. The van der Waals surface area contributed by atoms with E-state index in [2.05, 4.69) is 47.0 Å². The van der Waals surface area contributed by atoms with E-state index in [-0.39, 0.29) is 0 Å². The summed E-state index contributed by atoms with van der Waals surface area (Å²) in [4.78, 5) is 11.5. The molecule has 0 radical (unpaired) electrons. The van der Waals surface area contributed by atoms with Gasteiger partial charge in [-0.05, 0) is 54.4 Å². The normalized spacial score (nSPS) is 27.1. The molecule has 5 aliphatic rings. The van der Waals surface area contributed by atoms with Crippen LogP contribution in [0.4, 0.5) is 17.3 Å². The number of nitrogens with one attached hydrogen (secondary N) is 2. The quantitative estimate of drug-likeness (QED) is 0.570. The molecule has 3 heterocycles. The fourth-order valence-electron chi connectivity index (χ4n) is 5.60. The van der Waals surface area contributed by atoms with Crippen LogP contribution in [-0.2, 0) is 0 Å². The van der Waals surface area contributed by atoms with Gasteiger partial charge in [0.05, 0.1) is 19.1 Å². The van der Waals surface area contributed by atoms with Crippen molar-refractivity contribution in [2.75, 3.05) is 23.9 Å². The van der Waals surface area contributed by atoms with Gasteiger partial charge in [0, 0.05) is 36.1 Å². The zero-order chi connectivity index (χ0) is 24.1. The highest BCUT2D eigenvalue weighted by atomic mass is 16.5. The molecule has 5 fully saturated rings. The molecule has 2 bridgehead atoms. The monoisotopic (exact) mass is 458 g/mol. The van der Waals surface area contributed by atoms with Gasteiger partial charge < -0.3 is 20.4 Å². The van der Waals surface area contributed by atoms with Gasteiger partial charge in [-0.1, -0.05) is 39.0 Å². The molecule has 1 aromatic heterocycles. The van der Waals surface area contributed by atoms with Crippen molar-refractivity contribution in [3.63, 3.8) is 0 Å². The Balaban J connectivity index is 0.000000290. The molecule has 1 unspecified atom stereocenters. The Morgan fingerprint density at radius 1 is 1.21 bits per heavy atom. The SMILES string of the molecule is COc1nc(Nc2ccccc2C=N)cc(N2CC3(C(C)(C)C)CC2C3)n1.N#CC1CC12CC2. The maximum atomic E-state index is 8.33. The average molecular weight is 459 g/mol. The molecule has 3 aliphatic carbocycles. The minimum Gasteiger partial charge on any atom is -0.467 e. The Labute approximate surface area is 202 Å². The van der Waals surface area contributed by atoms with Gasteiger partial charge in [0.2, 0.25) is 0 Å². The van der Waals surface area contributed by atoms with Gasteiger partial charge >= 0.3 is 6.01 Å². The maximum Gasteiger partial charge on any atom is 0.320 e. The predicted octanol–water partition coefficient (Wildman–Crippen LogP) is 5.55. The number of rotatable bonds is 5. The summed E-state index contributed by atoms with van der Waals surface area (Å²) in [5, 5.41) is 19.2. The van der Waals surface area contributed by atoms with Gasteiger partial charge in [-0.25, -0.2) is 0 Å². The van der Waals surface area contributed by atoms with E-state index < -0.39 is 0 Å². The van der Waals surface area contributed by atoms with Crippen LogP contribution in [0.5, 0.6) is 6.01 Å². The highest BCUT2D eigenvalue weighted by Crippen LogP contribution is 2.70. The van der Waals surface area contributed by atoms with E-state index in [1.54, 1.807) is 7.11 Å². The number of aromatic nitrogens is 2. The van der Waals surface area contributed by atoms with Gasteiger partial charge in [0.15, 0.2) is 0 Å². The van der Waals surface area contributed by atoms with E-state index in [0.29, 0.717) is 40.0 Å². The molecule has 3 saturated carbocycles. The van der Waals surface area contributed by atoms with Crippen molar-refractivity contribution in [3.8, 4) is 12.1 Å². The van der Waals surface area contributed by atoms with Crippen LogP contribution in [0.2, 0.25) is 0 Å². The zero-order valence-corrected chi connectivity index (χ0v) is 20.6. The summed E-state index contributed by atoms with van der Waals surface area (Å²) < 4.78 is 5.36. The first-order valence-electron chi connectivity index (χ1n) is 12.2. The van der Waals surface area contributed by atoms with Crippen molar-refractivity contribution in [1.82, 2.24) is 9.97 Å². The van der Waals surface area contributed by atoms with E-state index in [4.69, 9.17) is 15.4 Å². The summed E-state index contributed by atoms with van der Waals surface area (Å²) in [6.45, 7) is 8.05. The average Bonchev–Trinajstić information content (AvgIpc) is 3.64. The van der Waals surface area contributed by atoms with Gasteiger partial charge in [0.1, 0.15) is 11.6 Å². The first-order valence-corrected chi connectivity index (χ1v) is 12.2. The number of nitriles is 1. The van der Waals surface area contributed by atoms with Crippen LogP contribution in [0.15, 0.2) is 30.3 Å². The summed E-state index contributed by atoms with van der Waals surface area (Å²) >= 11 is 0. The predicted molar refractivity (Wildman–Crippen MR) is 134 cm³/mol. The lowest BCUT2D eigenvalue weighted by atomic mass is 9.56. The Morgan fingerprint density at radius 3 is 2.47 bits per heavy atom. The van der Waals surface area contributed by atoms with Crippen molar-refractivity contribution in [1.29, 1.82) is 10.7 Å². The summed E-state index contributed by atoms with van der Waals surface area (Å²) in [7, 11) is 1.59. The van der Waals surface area contributed by atoms with Crippen molar-refractivity contribution in [2.24, 2.45) is 22.2 Å². The second-order valence-electron chi connectivity index (χ2n) is 11.4. The largest absolute Gasteiger partial charge is 0.467 e. The minimum absolute atomic E-state index is 0.291. The van der Waals surface area contributed by atoms with Crippen molar-refractivity contribution >= 4 is 23.5 Å². The molecule has 2 aliphatic heterocycles. The first-order chi connectivity index (χ1) is 16.2. The van der Waals surface area contributed by atoms with Crippen LogP contribution in [0.25, 0.3) is 0 Å². The molecule has 7 nitrogen and oxygen atoms in total. The molecule has 1 spiro atoms. The van der Waals surface area contributed by atoms with Gasteiger partial charge in [-0.2, -0.15) is 15.2 Å². The highest BCUT2D eigenvalue weighted by molar-refractivity contribution is 5.87. The highest BCUT2D eigenvalue weighted by Gasteiger charge is 2.63. The molecule has 2 saturated heterocycles. The smallest absolute Gasteiger partial charge is 0.320 e. The molecular weight excluding hydrogens is 424 g/mol. The minimum atomic E-state index is 0.291. The third kappa shape index (κ3) is 3.89. The van der Waals surface area contributed by atoms with Gasteiger partial charge in [0.25, 0.3) is 0 Å². The second kappa shape index (κ2) is 7.97. The molecule has 34 heavy (non-hydrogen) atoms. The molecule has 7 rings (SSSR count). The summed E-state index contributed by atoms with van der Waals surface area (Å²) in [5.74, 6) is 2.05. The van der Waals surface area contributed by atoms with Crippen LogP contribution in [-0.4, -0.2) is 35.9 Å². The van der Waals surface area contributed by atoms with Crippen LogP contribution in [0.1, 0.15) is 58.4 Å². The number of fused-ring (bicyclic) bond motifs is 1. The van der Waals surface area contributed by atoms with E-state index in [1.165, 1.54) is 38.3 Å². The van der Waals surface area contributed by atoms with Crippen LogP contribution < -0.4 is 15.0 Å². The van der Waals surface area contributed by atoms with Crippen molar-refractivity contribution < 1.29 is 4.74 Å². The van der Waals surface area contributed by atoms with Gasteiger partial charge in [-0.15, -0.1) is 0 Å². The summed E-state index contributed by atoms with van der Waals surface area (Å²) in [5.41, 5.74) is 2.92. The lowest BCUT2D eigenvalue weighted by Gasteiger charge is -2.47. The number of ether oxygens (including phenoxy) is 1. The van der Waals surface area contributed by atoms with Crippen LogP contribution in [0.3, 0.4) is 0 Å². The van der Waals surface area contributed by atoms with Crippen molar-refractivity contribution in [2.45, 2.75) is 58.9 Å². The Kier molecular flexibility index (Phi) is 5.31. The molecule has 1 atom stereocenters. The Hall–Kier alpha value is -3.14. The standard InChI is InChI=1S/C21H27N5O.C6H7N/c1-20(2,3)21-10-15(11-21)26(13-21)18-9-17(24-19(25-18)27-4)23-16-8-6-5-7-14(16)12-22;7-4-5-3-6(5)1-2-6/h5-9,12,15,22H,10-11,13H2,1-4H3,(H,23,24,25);5H,1-3H2. The zero-order valence-electron chi connectivity index (χ0n) is 20.6. The van der Waals surface area contributed by atoms with E-state index >= 15 is 0 Å². The van der Waals surface area contributed by atoms with E-state index in [9.17, 15) is 0 Å². The topological polar surface area (TPSA) is 97.9 Å². The van der Waals surface area contributed by atoms with Gasteiger partial charge in [-0.3, -0.25) is 0 Å². The third-order valence-electron chi connectivity index (χ3n) is 8.54. The van der Waals surface area contributed by atoms with Crippen LogP contribution in [0, 0.1) is 38.9 Å². The summed E-state index contributed by atoms with van der Waals surface area (Å²) in [6.07, 6.45) is 7.68. The molecule has 7 heteroatoms. The fraction of sp³-hybridized carbons (Fsp3) is 0.556. The molecule has 1 aromatic carbocycles. The molecule has 0 amide bonds. The number of nitrogens with zero attached hydrogens (tertiary/aromatic N) is 4. The van der Waals surface area contributed by atoms with E-state index in [1.807, 2.05) is 30.3 Å². The van der Waals surface area contributed by atoms with E-state index in [0.717, 1.165) is 23.6 Å². The molecule has 178 valence electrons. The first kappa shape index (κ1) is 22.6. The number of hydrogen-bond acceptors (Lipinski definition) is 7. The molecule has 2 N–H and O–H groups in total. The number of anilines is 3. The molecular formula is C27H34N6O. The second-order valence-corrected chi connectivity index (χ2v) is 11.4. The summed E-state index contributed by atoms with van der Waals surface area (Å²) in [6, 6.07) is 12.9. The van der Waals surface area contributed by atoms with Crippen molar-refractivity contribution in [3.05, 3.63) is 35.9 Å². The Morgan fingerprint density at radius 2 is 1.94 bits per heavy atom. The number of para-hydroxylation sites is 1. The lowest BCUT2D eigenvalue weighted by Crippen LogP contribution is -2.44. The Bertz CT molecular complexity index is 1140. The van der Waals surface area contributed by atoms with Crippen LogP contribution >= 0.6 is 0 Å². The number of benzene rings is 1. The number of methoxy groups -OCH3 is 1. The fourth-order valence-corrected chi connectivity index (χ4v) is 5.60. The maximum absolute atomic E-state index is 8.33. The third-order valence-corrected chi connectivity index (χ3v) is 8.54.